The Morgan fingerprint density at radius 1 is 1.06 bits per heavy atom. The van der Waals surface area contributed by atoms with Crippen LogP contribution >= 0.6 is 0 Å². The van der Waals surface area contributed by atoms with Gasteiger partial charge in [-0.05, 0) is 18.2 Å². The highest BCUT2D eigenvalue weighted by Crippen LogP contribution is 2.11. The number of benzene rings is 1. The van der Waals surface area contributed by atoms with Crippen molar-refractivity contribution in [2.75, 3.05) is 12.3 Å². The van der Waals surface area contributed by atoms with Crippen molar-refractivity contribution in [1.82, 2.24) is 5.32 Å². The van der Waals surface area contributed by atoms with E-state index in [1.165, 1.54) is 18.2 Å². The molecule has 0 radical (unpaired) electrons. The fourth-order valence-corrected chi connectivity index (χ4v) is 1.19. The van der Waals surface area contributed by atoms with Gasteiger partial charge in [-0.15, -0.1) is 0 Å². The predicted molar refractivity (Wildman–Crippen MR) is 60.9 cm³/mol. The molecule has 7 N–H and O–H groups in total. The Hall–Kier alpha value is -2.57. The molecule has 1 aromatic carbocycles. The second kappa shape index (κ2) is 4.97. The molecule has 0 bridgehead atoms. The van der Waals surface area contributed by atoms with E-state index in [9.17, 15) is 14.4 Å². The van der Waals surface area contributed by atoms with E-state index in [0.29, 0.717) is 0 Å². The lowest BCUT2D eigenvalue weighted by Gasteiger charge is -2.05. The van der Waals surface area contributed by atoms with Gasteiger partial charge in [-0.25, -0.2) is 0 Å². The first-order chi connectivity index (χ1) is 7.90. The van der Waals surface area contributed by atoms with E-state index in [2.05, 4.69) is 5.32 Å². The Labute approximate surface area is 96.9 Å². The zero-order valence-electron chi connectivity index (χ0n) is 8.90. The van der Waals surface area contributed by atoms with Gasteiger partial charge in [-0.2, -0.15) is 0 Å². The summed E-state index contributed by atoms with van der Waals surface area (Å²) in [7, 11) is 0. The molecule has 90 valence electrons. The van der Waals surface area contributed by atoms with Crippen LogP contribution in [-0.2, 0) is 4.79 Å². The van der Waals surface area contributed by atoms with Gasteiger partial charge in [0.25, 0.3) is 5.91 Å². The molecule has 17 heavy (non-hydrogen) atoms. The van der Waals surface area contributed by atoms with Gasteiger partial charge in [0.15, 0.2) is 0 Å². The SMILES string of the molecule is NC(=O)CNC(=O)c1cc(N)cc(C(N)=O)c1. The zero-order chi connectivity index (χ0) is 13.0. The molecular formula is C10H12N4O3. The normalized spacial score (nSPS) is 9.65. The van der Waals surface area contributed by atoms with Gasteiger partial charge in [0.1, 0.15) is 0 Å². The molecule has 0 aromatic heterocycles. The molecule has 1 aromatic rings. The summed E-state index contributed by atoms with van der Waals surface area (Å²) in [6.45, 7) is -0.292. The average molecular weight is 236 g/mol. The van der Waals surface area contributed by atoms with Crippen molar-refractivity contribution in [3.63, 3.8) is 0 Å². The monoisotopic (exact) mass is 236 g/mol. The number of anilines is 1. The summed E-state index contributed by atoms with van der Waals surface area (Å²) in [6, 6.07) is 4.00. The molecule has 3 amide bonds. The van der Waals surface area contributed by atoms with Gasteiger partial charge < -0.3 is 22.5 Å². The minimum Gasteiger partial charge on any atom is -0.399 e. The third-order valence-electron chi connectivity index (χ3n) is 1.93. The van der Waals surface area contributed by atoms with E-state index in [0.717, 1.165) is 0 Å². The van der Waals surface area contributed by atoms with Crippen molar-refractivity contribution in [2.24, 2.45) is 11.5 Å². The molecule has 0 heterocycles. The first-order valence-corrected chi connectivity index (χ1v) is 4.67. The molecule has 0 saturated carbocycles. The number of nitrogens with one attached hydrogen (secondary N) is 1. The maximum atomic E-state index is 11.5. The fraction of sp³-hybridized carbons (Fsp3) is 0.100. The predicted octanol–water partition coefficient (Wildman–Crippen LogP) is -1.42. The molecule has 0 aliphatic heterocycles. The number of hydrogen-bond donors (Lipinski definition) is 4. The van der Waals surface area contributed by atoms with Crippen LogP contribution < -0.4 is 22.5 Å². The third-order valence-corrected chi connectivity index (χ3v) is 1.93. The number of primary amides is 2. The number of rotatable bonds is 4. The topological polar surface area (TPSA) is 141 Å². The zero-order valence-corrected chi connectivity index (χ0v) is 8.90. The van der Waals surface area contributed by atoms with Crippen molar-refractivity contribution in [1.29, 1.82) is 0 Å². The quantitative estimate of drug-likeness (QED) is 0.476. The molecule has 7 nitrogen and oxygen atoms in total. The van der Waals surface area contributed by atoms with Crippen LogP contribution in [0.3, 0.4) is 0 Å². The van der Waals surface area contributed by atoms with Gasteiger partial charge in [-0.3, -0.25) is 14.4 Å². The summed E-state index contributed by atoms with van der Waals surface area (Å²) < 4.78 is 0. The second-order valence-electron chi connectivity index (χ2n) is 3.36. The van der Waals surface area contributed by atoms with Crippen LogP contribution in [0, 0.1) is 0 Å². The number of nitrogen functional groups attached to an aromatic ring is 1. The van der Waals surface area contributed by atoms with Gasteiger partial charge >= 0.3 is 0 Å². The Morgan fingerprint density at radius 3 is 2.18 bits per heavy atom. The Balaban J connectivity index is 2.93. The number of carbonyl (C=O) groups is 3. The molecular weight excluding hydrogens is 224 g/mol. The molecule has 0 aliphatic rings. The van der Waals surface area contributed by atoms with Crippen LogP contribution in [0.15, 0.2) is 18.2 Å². The van der Waals surface area contributed by atoms with E-state index in [4.69, 9.17) is 17.2 Å². The van der Waals surface area contributed by atoms with Gasteiger partial charge in [0.2, 0.25) is 11.8 Å². The molecule has 0 saturated heterocycles. The summed E-state index contributed by atoms with van der Waals surface area (Å²) >= 11 is 0. The van der Waals surface area contributed by atoms with Crippen LogP contribution in [0.1, 0.15) is 20.7 Å². The number of amides is 3. The maximum Gasteiger partial charge on any atom is 0.251 e. The van der Waals surface area contributed by atoms with Gasteiger partial charge in [0, 0.05) is 16.8 Å². The lowest BCUT2D eigenvalue weighted by atomic mass is 10.1. The Morgan fingerprint density at radius 2 is 1.65 bits per heavy atom. The standard InChI is InChI=1S/C10H12N4O3/c11-7-2-5(9(13)16)1-6(3-7)10(17)14-4-8(12)15/h1-3H,4,11H2,(H2,12,15)(H2,13,16)(H,14,17). The number of nitrogens with two attached hydrogens (primary N) is 3. The highest BCUT2D eigenvalue weighted by atomic mass is 16.2. The minimum absolute atomic E-state index is 0.120. The van der Waals surface area contributed by atoms with Crippen molar-refractivity contribution < 1.29 is 14.4 Å². The Bertz CT molecular complexity index is 484. The first kappa shape index (κ1) is 12.5. The highest BCUT2D eigenvalue weighted by Gasteiger charge is 2.10. The van der Waals surface area contributed by atoms with Crippen molar-refractivity contribution >= 4 is 23.4 Å². The smallest absolute Gasteiger partial charge is 0.251 e. The van der Waals surface area contributed by atoms with Crippen LogP contribution in [0.25, 0.3) is 0 Å². The first-order valence-electron chi connectivity index (χ1n) is 4.67. The minimum atomic E-state index is -0.693. The van der Waals surface area contributed by atoms with E-state index in [-0.39, 0.29) is 23.4 Å². The molecule has 0 aliphatic carbocycles. The van der Waals surface area contributed by atoms with Gasteiger partial charge in [0.05, 0.1) is 6.54 Å². The lowest BCUT2D eigenvalue weighted by Crippen LogP contribution is -2.33. The van der Waals surface area contributed by atoms with E-state index in [1.54, 1.807) is 0 Å². The van der Waals surface area contributed by atoms with E-state index in [1.807, 2.05) is 0 Å². The highest BCUT2D eigenvalue weighted by molar-refractivity contribution is 6.01. The van der Waals surface area contributed by atoms with Crippen LogP contribution in [0.5, 0.6) is 0 Å². The maximum absolute atomic E-state index is 11.5. The molecule has 1 rings (SSSR count). The molecule has 0 atom stereocenters. The summed E-state index contributed by atoms with van der Waals surface area (Å²) in [5.74, 6) is -1.92. The number of carbonyl (C=O) groups excluding carboxylic acids is 3. The van der Waals surface area contributed by atoms with Crippen LogP contribution in [0.4, 0.5) is 5.69 Å². The second-order valence-corrected chi connectivity index (χ2v) is 3.36. The third kappa shape index (κ3) is 3.49. The van der Waals surface area contributed by atoms with Crippen molar-refractivity contribution in [3.05, 3.63) is 29.3 Å². The summed E-state index contributed by atoms with van der Waals surface area (Å²) in [6.07, 6.45) is 0. The van der Waals surface area contributed by atoms with Crippen molar-refractivity contribution in [2.45, 2.75) is 0 Å². The summed E-state index contributed by atoms with van der Waals surface area (Å²) in [5.41, 5.74) is 15.9. The van der Waals surface area contributed by atoms with E-state index < -0.39 is 17.7 Å². The Kier molecular flexibility index (Phi) is 3.66. The lowest BCUT2D eigenvalue weighted by molar-refractivity contribution is -0.117. The van der Waals surface area contributed by atoms with Crippen molar-refractivity contribution in [3.8, 4) is 0 Å². The molecule has 0 fully saturated rings. The van der Waals surface area contributed by atoms with Gasteiger partial charge in [-0.1, -0.05) is 0 Å². The average Bonchev–Trinajstić information content (AvgIpc) is 2.24. The molecule has 0 unspecified atom stereocenters. The summed E-state index contributed by atoms with van der Waals surface area (Å²) in [5, 5.41) is 2.27. The molecule has 0 spiro atoms. The number of hydrogen-bond acceptors (Lipinski definition) is 4. The largest absolute Gasteiger partial charge is 0.399 e. The summed E-state index contributed by atoms with van der Waals surface area (Å²) in [4.78, 5) is 33.0. The molecule has 7 heteroatoms. The van der Waals surface area contributed by atoms with E-state index >= 15 is 0 Å². The fourth-order valence-electron chi connectivity index (χ4n) is 1.19. The van der Waals surface area contributed by atoms with Crippen LogP contribution in [0.2, 0.25) is 0 Å². The van der Waals surface area contributed by atoms with Crippen LogP contribution in [-0.4, -0.2) is 24.3 Å².